The minimum Gasteiger partial charge on any atom is -0.444 e. The summed E-state index contributed by atoms with van der Waals surface area (Å²) in [6, 6.07) is 3.49. The second-order valence-electron chi connectivity index (χ2n) is 5.77. The lowest BCUT2D eigenvalue weighted by Crippen LogP contribution is -2.30. The molecule has 0 radical (unpaired) electrons. The molecule has 7 nitrogen and oxygen atoms in total. The van der Waals surface area contributed by atoms with Crippen molar-refractivity contribution >= 4 is 17.8 Å². The van der Waals surface area contributed by atoms with E-state index in [0.29, 0.717) is 5.82 Å². The van der Waals surface area contributed by atoms with E-state index in [0.717, 1.165) is 5.56 Å². The average molecular weight is 294 g/mol. The number of carbonyl (C=O) groups excluding carboxylic acids is 2. The van der Waals surface area contributed by atoms with Crippen LogP contribution in [0.5, 0.6) is 0 Å². The summed E-state index contributed by atoms with van der Waals surface area (Å²) < 4.78 is 5.15. The molecule has 1 unspecified atom stereocenters. The Hall–Kier alpha value is -2.15. The number of nitrogens with two attached hydrogens (primary N) is 1. The Morgan fingerprint density at radius 2 is 2.10 bits per heavy atom. The van der Waals surface area contributed by atoms with Crippen LogP contribution in [0.25, 0.3) is 0 Å². The molecule has 21 heavy (non-hydrogen) atoms. The Morgan fingerprint density at radius 3 is 2.67 bits per heavy atom. The lowest BCUT2D eigenvalue weighted by atomic mass is 9.98. The average Bonchev–Trinajstić information content (AvgIpc) is 2.36. The molecule has 1 heterocycles. The zero-order valence-corrected chi connectivity index (χ0v) is 12.8. The SMILES string of the molecule is CC(CC(=O)NN)c1ccnc(NC(=O)OC(C)(C)C)c1. The van der Waals surface area contributed by atoms with Crippen molar-refractivity contribution in [2.75, 3.05) is 5.32 Å². The van der Waals surface area contributed by atoms with Crippen LogP contribution < -0.4 is 16.6 Å². The number of hydrogen-bond acceptors (Lipinski definition) is 5. The van der Waals surface area contributed by atoms with Crippen molar-refractivity contribution in [3.8, 4) is 0 Å². The van der Waals surface area contributed by atoms with E-state index >= 15 is 0 Å². The van der Waals surface area contributed by atoms with Crippen molar-refractivity contribution in [1.29, 1.82) is 0 Å². The Morgan fingerprint density at radius 1 is 1.43 bits per heavy atom. The van der Waals surface area contributed by atoms with Gasteiger partial charge in [0.05, 0.1) is 0 Å². The van der Waals surface area contributed by atoms with Gasteiger partial charge in [-0.1, -0.05) is 6.92 Å². The van der Waals surface area contributed by atoms with Crippen molar-refractivity contribution in [2.45, 2.75) is 45.6 Å². The lowest BCUT2D eigenvalue weighted by molar-refractivity contribution is -0.121. The molecule has 0 aliphatic heterocycles. The molecule has 1 rings (SSSR count). The van der Waals surface area contributed by atoms with Gasteiger partial charge in [0.1, 0.15) is 11.4 Å². The molecule has 0 aliphatic rings. The predicted molar refractivity (Wildman–Crippen MR) is 79.5 cm³/mol. The number of nitrogens with one attached hydrogen (secondary N) is 2. The molecular weight excluding hydrogens is 272 g/mol. The molecule has 4 N–H and O–H groups in total. The van der Waals surface area contributed by atoms with Crippen molar-refractivity contribution in [3.05, 3.63) is 23.9 Å². The van der Waals surface area contributed by atoms with Crippen LogP contribution in [-0.2, 0) is 9.53 Å². The molecular formula is C14H22N4O3. The first-order valence-electron chi connectivity index (χ1n) is 6.66. The fraction of sp³-hybridized carbons (Fsp3) is 0.500. The normalized spacial score (nSPS) is 12.4. The number of carbonyl (C=O) groups is 2. The van der Waals surface area contributed by atoms with Crippen LogP contribution in [0.15, 0.2) is 18.3 Å². The van der Waals surface area contributed by atoms with Gasteiger partial charge in [0.2, 0.25) is 5.91 Å². The van der Waals surface area contributed by atoms with Crippen molar-refractivity contribution < 1.29 is 14.3 Å². The molecule has 0 saturated carbocycles. The molecule has 0 aromatic carbocycles. The highest BCUT2D eigenvalue weighted by Crippen LogP contribution is 2.21. The highest BCUT2D eigenvalue weighted by Gasteiger charge is 2.17. The van der Waals surface area contributed by atoms with E-state index in [1.807, 2.05) is 6.92 Å². The highest BCUT2D eigenvalue weighted by molar-refractivity contribution is 5.83. The maximum absolute atomic E-state index is 11.7. The second-order valence-corrected chi connectivity index (χ2v) is 5.77. The van der Waals surface area contributed by atoms with Gasteiger partial charge in [-0.3, -0.25) is 15.5 Å². The Kier molecular flexibility index (Phi) is 5.66. The molecule has 1 aromatic heterocycles. The van der Waals surface area contributed by atoms with E-state index in [-0.39, 0.29) is 18.2 Å². The van der Waals surface area contributed by atoms with Crippen molar-refractivity contribution in [1.82, 2.24) is 10.4 Å². The molecule has 116 valence electrons. The quantitative estimate of drug-likeness (QED) is 0.447. The lowest BCUT2D eigenvalue weighted by Gasteiger charge is -2.19. The Bertz CT molecular complexity index is 511. The fourth-order valence-corrected chi connectivity index (χ4v) is 1.68. The zero-order chi connectivity index (χ0) is 16.0. The van der Waals surface area contributed by atoms with Gasteiger partial charge in [-0.25, -0.2) is 15.6 Å². The predicted octanol–water partition coefficient (Wildman–Crippen LogP) is 1.91. The molecule has 0 spiro atoms. The van der Waals surface area contributed by atoms with Gasteiger partial charge < -0.3 is 4.74 Å². The number of aromatic nitrogens is 1. The molecule has 0 saturated heterocycles. The number of anilines is 1. The van der Waals surface area contributed by atoms with Gasteiger partial charge in [0, 0.05) is 12.6 Å². The molecule has 7 heteroatoms. The molecule has 0 bridgehead atoms. The van der Waals surface area contributed by atoms with Gasteiger partial charge in [-0.15, -0.1) is 0 Å². The zero-order valence-electron chi connectivity index (χ0n) is 12.8. The minimum absolute atomic E-state index is 0.0456. The van der Waals surface area contributed by atoms with Crippen LogP contribution in [0.1, 0.15) is 45.6 Å². The number of ether oxygens (including phenoxy) is 1. The smallest absolute Gasteiger partial charge is 0.413 e. The van der Waals surface area contributed by atoms with Crippen LogP contribution in [0, 0.1) is 0 Å². The van der Waals surface area contributed by atoms with Crippen LogP contribution in [0.4, 0.5) is 10.6 Å². The van der Waals surface area contributed by atoms with E-state index in [1.54, 1.807) is 39.1 Å². The summed E-state index contributed by atoms with van der Waals surface area (Å²) >= 11 is 0. The van der Waals surface area contributed by atoms with Gasteiger partial charge in [0.25, 0.3) is 0 Å². The van der Waals surface area contributed by atoms with Crippen LogP contribution in [0.3, 0.4) is 0 Å². The van der Waals surface area contributed by atoms with E-state index < -0.39 is 11.7 Å². The fourth-order valence-electron chi connectivity index (χ4n) is 1.68. The topological polar surface area (TPSA) is 106 Å². The Labute approximate surface area is 124 Å². The first kappa shape index (κ1) is 16.9. The maximum atomic E-state index is 11.7. The number of amides is 2. The van der Waals surface area contributed by atoms with Crippen molar-refractivity contribution in [3.63, 3.8) is 0 Å². The summed E-state index contributed by atoms with van der Waals surface area (Å²) in [5, 5.41) is 2.56. The molecule has 1 atom stereocenters. The van der Waals surface area contributed by atoms with Gasteiger partial charge in [-0.2, -0.15) is 0 Å². The standard InChI is InChI=1S/C14H22N4O3/c1-9(7-12(19)18-15)10-5-6-16-11(8-10)17-13(20)21-14(2,3)4/h5-6,8-9H,7,15H2,1-4H3,(H,18,19)(H,16,17,20). The third kappa shape index (κ3) is 6.22. The molecule has 1 aromatic rings. The summed E-state index contributed by atoms with van der Waals surface area (Å²) in [6.07, 6.45) is 1.25. The van der Waals surface area contributed by atoms with E-state index in [9.17, 15) is 9.59 Å². The number of hydrazine groups is 1. The summed E-state index contributed by atoms with van der Waals surface area (Å²) in [5.41, 5.74) is 2.39. The molecule has 2 amide bonds. The summed E-state index contributed by atoms with van der Waals surface area (Å²) in [4.78, 5) is 27.0. The largest absolute Gasteiger partial charge is 0.444 e. The third-order valence-corrected chi connectivity index (χ3v) is 2.63. The van der Waals surface area contributed by atoms with Crippen LogP contribution >= 0.6 is 0 Å². The highest BCUT2D eigenvalue weighted by atomic mass is 16.6. The minimum atomic E-state index is -0.575. The second kappa shape index (κ2) is 7.03. The van der Waals surface area contributed by atoms with E-state index in [4.69, 9.17) is 10.6 Å². The number of hydrogen-bond donors (Lipinski definition) is 3. The van der Waals surface area contributed by atoms with Gasteiger partial charge in [0.15, 0.2) is 0 Å². The first-order chi connectivity index (χ1) is 9.71. The third-order valence-electron chi connectivity index (χ3n) is 2.63. The summed E-state index contributed by atoms with van der Waals surface area (Å²) in [7, 11) is 0. The molecule has 0 fully saturated rings. The van der Waals surface area contributed by atoms with Crippen LogP contribution in [-0.4, -0.2) is 22.6 Å². The summed E-state index contributed by atoms with van der Waals surface area (Å²) in [6.45, 7) is 7.24. The first-order valence-corrected chi connectivity index (χ1v) is 6.66. The van der Waals surface area contributed by atoms with Gasteiger partial charge >= 0.3 is 6.09 Å². The number of nitrogens with zero attached hydrogens (tertiary/aromatic N) is 1. The monoisotopic (exact) mass is 294 g/mol. The van der Waals surface area contributed by atoms with Crippen LogP contribution in [0.2, 0.25) is 0 Å². The summed E-state index contributed by atoms with van der Waals surface area (Å²) in [5.74, 6) is 5.15. The Balaban J connectivity index is 2.72. The van der Waals surface area contributed by atoms with Gasteiger partial charge in [-0.05, 0) is 44.4 Å². The van der Waals surface area contributed by atoms with Crippen molar-refractivity contribution in [2.24, 2.45) is 5.84 Å². The van der Waals surface area contributed by atoms with E-state index in [2.05, 4.69) is 15.7 Å². The number of pyridine rings is 1. The molecule has 0 aliphatic carbocycles. The maximum Gasteiger partial charge on any atom is 0.413 e. The van der Waals surface area contributed by atoms with E-state index in [1.165, 1.54) is 0 Å². The number of rotatable bonds is 4.